The van der Waals surface area contributed by atoms with Crippen LogP contribution in [-0.4, -0.2) is 110 Å². The zero-order chi connectivity index (χ0) is 32.9. The molecule has 0 aliphatic carbocycles. The summed E-state index contributed by atoms with van der Waals surface area (Å²) in [4.78, 5) is 66.5. The van der Waals surface area contributed by atoms with Crippen LogP contribution in [-0.2, 0) is 38.7 Å². The van der Waals surface area contributed by atoms with Gasteiger partial charge in [0.1, 0.15) is 17.7 Å². The molecule has 2 N–H and O–H groups in total. The van der Waals surface area contributed by atoms with Gasteiger partial charge in [0.05, 0.1) is 30.2 Å². The van der Waals surface area contributed by atoms with Crippen LogP contribution in [0.2, 0.25) is 0 Å². The van der Waals surface area contributed by atoms with Gasteiger partial charge in [-0.15, -0.1) is 5.10 Å². The average molecular weight is 665 g/mol. The Hall–Kier alpha value is -3.90. The lowest BCUT2D eigenvalue weighted by atomic mass is 10.0. The molecule has 2 aromatic rings. The minimum atomic E-state index is -3.81. The molecule has 45 heavy (non-hydrogen) atoms. The van der Waals surface area contributed by atoms with Crippen LogP contribution < -0.4 is 10.0 Å². The van der Waals surface area contributed by atoms with Crippen molar-refractivity contribution in [2.45, 2.75) is 81.8 Å². The van der Waals surface area contributed by atoms with Crippen molar-refractivity contribution in [3.63, 3.8) is 0 Å². The molecular weight excluding hydrogens is 628 g/mol. The molecule has 0 saturated carbocycles. The Morgan fingerprint density at radius 2 is 1.84 bits per heavy atom. The standard InChI is InChI=1S/C27H36N8O8S2/c1-27(2,3)43-23(38)15-19(21(36)16-44-26-29-31-32-34(26)17-9-6-5-7-10-17)28-24(39)20-11-8-14-33-22(37)13-12-18(25(40)35(20)33)30-45(4,41)42/h5-7,9-10,18-20,30H,8,11-16H2,1-4H3,(H,28,39). The number of benzene rings is 1. The summed E-state index contributed by atoms with van der Waals surface area (Å²) in [5.74, 6) is -3.47. The van der Waals surface area contributed by atoms with Crippen molar-refractivity contribution < 1.29 is 37.1 Å². The number of amides is 3. The largest absolute Gasteiger partial charge is 0.460 e. The number of nitrogens with one attached hydrogen (secondary N) is 2. The van der Waals surface area contributed by atoms with Crippen LogP contribution in [0, 0.1) is 0 Å². The number of carbonyl (C=O) groups excluding carboxylic acids is 5. The third-order valence-electron chi connectivity index (χ3n) is 6.80. The first-order chi connectivity index (χ1) is 21.1. The highest BCUT2D eigenvalue weighted by atomic mass is 32.2. The second kappa shape index (κ2) is 14.0. The number of aromatic nitrogens is 4. The number of sulfonamides is 1. The molecule has 3 unspecified atom stereocenters. The lowest BCUT2D eigenvalue weighted by Gasteiger charge is -2.43. The number of carbonyl (C=O) groups is 5. The molecule has 244 valence electrons. The van der Waals surface area contributed by atoms with E-state index < -0.39 is 69.6 Å². The fourth-order valence-electron chi connectivity index (χ4n) is 4.94. The Morgan fingerprint density at radius 3 is 2.51 bits per heavy atom. The zero-order valence-corrected chi connectivity index (χ0v) is 27.0. The number of Topliss-reactive ketones (excluding diaryl/α,β-unsaturated/α-hetero) is 1. The highest BCUT2D eigenvalue weighted by Gasteiger charge is 2.45. The molecule has 3 heterocycles. The first-order valence-corrected chi connectivity index (χ1v) is 17.1. The van der Waals surface area contributed by atoms with E-state index in [9.17, 15) is 32.4 Å². The Morgan fingerprint density at radius 1 is 1.13 bits per heavy atom. The molecule has 3 atom stereocenters. The molecule has 2 saturated heterocycles. The van der Waals surface area contributed by atoms with E-state index in [0.717, 1.165) is 28.0 Å². The Bertz CT molecular complexity index is 1540. The Labute approximate surface area is 264 Å². The van der Waals surface area contributed by atoms with Gasteiger partial charge in [0, 0.05) is 13.0 Å². The van der Waals surface area contributed by atoms with Gasteiger partial charge < -0.3 is 10.1 Å². The van der Waals surface area contributed by atoms with E-state index in [2.05, 4.69) is 25.6 Å². The number of hydrazine groups is 1. The number of thioether (sulfide) groups is 1. The van der Waals surface area contributed by atoms with E-state index in [-0.39, 0.29) is 31.6 Å². The molecule has 1 aromatic heterocycles. The smallest absolute Gasteiger partial charge is 0.308 e. The summed E-state index contributed by atoms with van der Waals surface area (Å²) in [5, 5.41) is 16.7. The second-order valence-corrected chi connectivity index (χ2v) is 14.4. The maximum atomic E-state index is 13.7. The van der Waals surface area contributed by atoms with Crippen molar-refractivity contribution >= 4 is 51.3 Å². The molecule has 0 radical (unpaired) electrons. The molecule has 18 heteroatoms. The molecule has 0 spiro atoms. The summed E-state index contributed by atoms with van der Waals surface area (Å²) in [7, 11) is -3.81. The van der Waals surface area contributed by atoms with Crippen LogP contribution in [0.5, 0.6) is 0 Å². The topological polar surface area (TPSA) is 203 Å². The number of rotatable bonds is 11. The van der Waals surface area contributed by atoms with Crippen LogP contribution in [0.15, 0.2) is 35.5 Å². The van der Waals surface area contributed by atoms with Gasteiger partial charge in [-0.05, 0) is 62.6 Å². The molecular formula is C27H36N8O8S2. The fraction of sp³-hybridized carbons (Fsp3) is 0.556. The Balaban J connectivity index is 1.55. The van der Waals surface area contributed by atoms with Crippen molar-refractivity contribution in [3.8, 4) is 5.69 Å². The second-order valence-electron chi connectivity index (χ2n) is 11.7. The molecule has 2 aliphatic heterocycles. The summed E-state index contributed by atoms with van der Waals surface area (Å²) < 4.78 is 32.9. The van der Waals surface area contributed by atoms with Gasteiger partial charge >= 0.3 is 5.97 Å². The average Bonchev–Trinajstić information content (AvgIpc) is 3.40. The predicted molar refractivity (Wildman–Crippen MR) is 160 cm³/mol. The van der Waals surface area contributed by atoms with Crippen molar-refractivity contribution in [2.24, 2.45) is 0 Å². The number of esters is 1. The molecule has 2 aliphatic rings. The van der Waals surface area contributed by atoms with E-state index in [1.54, 1.807) is 45.0 Å². The molecule has 4 rings (SSSR count). The number of hydrogen-bond donors (Lipinski definition) is 2. The highest BCUT2D eigenvalue weighted by molar-refractivity contribution is 7.99. The third kappa shape index (κ3) is 9.07. The van der Waals surface area contributed by atoms with Gasteiger partial charge in [0.25, 0.3) is 5.91 Å². The maximum Gasteiger partial charge on any atom is 0.308 e. The van der Waals surface area contributed by atoms with Crippen LogP contribution in [0.3, 0.4) is 0 Å². The molecule has 1 aromatic carbocycles. The fourth-order valence-corrected chi connectivity index (χ4v) is 6.51. The number of ether oxygens (including phenoxy) is 1. The summed E-state index contributed by atoms with van der Waals surface area (Å²) in [5.41, 5.74) is -0.191. The lowest BCUT2D eigenvalue weighted by Crippen LogP contribution is -2.64. The number of fused-ring (bicyclic) bond motifs is 1. The normalized spacial score (nSPS) is 19.8. The summed E-state index contributed by atoms with van der Waals surface area (Å²) in [6.07, 6.45) is 0.734. The number of nitrogens with zero attached hydrogens (tertiary/aromatic N) is 6. The third-order valence-corrected chi connectivity index (χ3v) is 8.46. The first-order valence-electron chi connectivity index (χ1n) is 14.2. The van der Waals surface area contributed by atoms with E-state index in [1.807, 2.05) is 6.07 Å². The first kappa shape index (κ1) is 34.0. The maximum absolute atomic E-state index is 13.7. The minimum Gasteiger partial charge on any atom is -0.460 e. The van der Waals surface area contributed by atoms with E-state index >= 15 is 0 Å². The van der Waals surface area contributed by atoms with Crippen LogP contribution in [0.4, 0.5) is 0 Å². The van der Waals surface area contributed by atoms with Crippen molar-refractivity contribution in [2.75, 3.05) is 18.6 Å². The molecule has 2 fully saturated rings. The van der Waals surface area contributed by atoms with E-state index in [4.69, 9.17) is 4.74 Å². The van der Waals surface area contributed by atoms with E-state index in [0.29, 0.717) is 17.3 Å². The summed E-state index contributed by atoms with van der Waals surface area (Å²) >= 11 is 1.01. The molecule has 16 nitrogen and oxygen atoms in total. The van der Waals surface area contributed by atoms with E-state index in [1.165, 1.54) is 4.68 Å². The predicted octanol–water partition coefficient (Wildman–Crippen LogP) is -0.0137. The van der Waals surface area contributed by atoms with Crippen molar-refractivity contribution in [1.82, 2.24) is 40.3 Å². The quantitative estimate of drug-likeness (QED) is 0.241. The number of tetrazole rings is 1. The van der Waals surface area contributed by atoms with Crippen LogP contribution >= 0.6 is 11.8 Å². The SMILES string of the molecule is CC(C)(C)OC(=O)CC(NC(=O)C1CCCN2C(=O)CCC(NS(C)(=O)=O)C(=O)N12)C(=O)CSc1nnnn1-c1ccccc1. The highest BCUT2D eigenvalue weighted by Crippen LogP contribution is 2.26. The van der Waals surface area contributed by atoms with Gasteiger partial charge in [0.15, 0.2) is 5.78 Å². The zero-order valence-electron chi connectivity index (χ0n) is 25.3. The number of ketones is 1. The van der Waals surface area contributed by atoms with Crippen LogP contribution in [0.1, 0.15) is 52.9 Å². The number of para-hydroxylation sites is 1. The monoisotopic (exact) mass is 664 g/mol. The van der Waals surface area contributed by atoms with Crippen LogP contribution in [0.25, 0.3) is 5.69 Å². The van der Waals surface area contributed by atoms with Gasteiger partial charge in [-0.25, -0.2) is 18.1 Å². The van der Waals surface area contributed by atoms with Gasteiger partial charge in [-0.3, -0.25) is 29.0 Å². The number of hydrogen-bond acceptors (Lipinski definition) is 12. The van der Waals surface area contributed by atoms with Crippen molar-refractivity contribution in [1.29, 1.82) is 0 Å². The summed E-state index contributed by atoms with van der Waals surface area (Å²) in [6, 6.07) is 5.17. The van der Waals surface area contributed by atoms with Gasteiger partial charge in [-0.1, -0.05) is 30.0 Å². The van der Waals surface area contributed by atoms with Crippen molar-refractivity contribution in [3.05, 3.63) is 30.3 Å². The van der Waals surface area contributed by atoms with Gasteiger partial charge in [0.2, 0.25) is 27.0 Å². The molecule has 0 bridgehead atoms. The lowest BCUT2D eigenvalue weighted by molar-refractivity contribution is -0.176. The van der Waals surface area contributed by atoms with Gasteiger partial charge in [-0.2, -0.15) is 4.68 Å². The summed E-state index contributed by atoms with van der Waals surface area (Å²) in [6.45, 7) is 5.16. The molecule has 3 amide bonds. The minimum absolute atomic E-state index is 0.0779. The Kier molecular flexibility index (Phi) is 10.6.